The van der Waals surface area contributed by atoms with E-state index in [4.69, 9.17) is 11.6 Å². The van der Waals surface area contributed by atoms with Crippen LogP contribution < -0.4 is 10.6 Å². The van der Waals surface area contributed by atoms with Crippen molar-refractivity contribution in [2.24, 2.45) is 0 Å². The van der Waals surface area contributed by atoms with Gasteiger partial charge < -0.3 is 15.5 Å². The molecule has 0 bridgehead atoms. The lowest BCUT2D eigenvalue weighted by Gasteiger charge is -2.32. The monoisotopic (exact) mass is 417 g/mol. The summed E-state index contributed by atoms with van der Waals surface area (Å²) in [6.07, 6.45) is 1.99. The first kappa shape index (κ1) is 20.6. The molecule has 2 N–H and O–H groups in total. The lowest BCUT2D eigenvalue weighted by Crippen LogP contribution is -2.47. The molecule has 148 valence electrons. The highest BCUT2D eigenvalue weighted by molar-refractivity contribution is 7.99. The number of benzene rings is 2. The van der Waals surface area contributed by atoms with Crippen LogP contribution in [0.1, 0.15) is 19.3 Å². The predicted octanol–water partition coefficient (Wildman–Crippen LogP) is 4.63. The minimum Gasteiger partial charge on any atom is -0.353 e. The molecule has 3 rings (SSSR count). The van der Waals surface area contributed by atoms with E-state index in [1.807, 2.05) is 54.6 Å². The topological polar surface area (TPSA) is 61.4 Å². The summed E-state index contributed by atoms with van der Waals surface area (Å²) in [5.41, 5.74) is 0.791. The number of carbonyl (C=O) groups is 2. The second-order valence-electron chi connectivity index (χ2n) is 6.65. The van der Waals surface area contributed by atoms with Gasteiger partial charge in [-0.05, 0) is 37.1 Å². The van der Waals surface area contributed by atoms with E-state index in [0.29, 0.717) is 30.3 Å². The zero-order valence-corrected chi connectivity index (χ0v) is 17.1. The van der Waals surface area contributed by atoms with E-state index in [2.05, 4.69) is 10.6 Å². The first-order valence-electron chi connectivity index (χ1n) is 9.39. The molecule has 3 amide bonds. The van der Waals surface area contributed by atoms with Crippen LogP contribution in [0.25, 0.3) is 0 Å². The number of halogens is 1. The van der Waals surface area contributed by atoms with E-state index in [9.17, 15) is 9.59 Å². The number of thioether (sulfide) groups is 1. The van der Waals surface area contributed by atoms with Gasteiger partial charge in [-0.1, -0.05) is 41.9 Å². The zero-order chi connectivity index (χ0) is 19.8. The van der Waals surface area contributed by atoms with Gasteiger partial charge in [-0.3, -0.25) is 4.79 Å². The zero-order valence-electron chi connectivity index (χ0n) is 15.6. The molecule has 1 aliphatic rings. The summed E-state index contributed by atoms with van der Waals surface area (Å²) in [5, 5.41) is 6.70. The van der Waals surface area contributed by atoms with Crippen LogP contribution in [0.15, 0.2) is 59.5 Å². The molecule has 5 nitrogen and oxygen atoms in total. The SMILES string of the molecule is O=C(CCSc1ccccc1Cl)NC1CCN(C(=O)Nc2ccccc2)CC1. The molecule has 1 saturated heterocycles. The summed E-state index contributed by atoms with van der Waals surface area (Å²) in [4.78, 5) is 27.3. The average Bonchev–Trinajstić information content (AvgIpc) is 2.71. The van der Waals surface area contributed by atoms with Gasteiger partial charge >= 0.3 is 6.03 Å². The van der Waals surface area contributed by atoms with Crippen molar-refractivity contribution < 1.29 is 9.59 Å². The molecule has 28 heavy (non-hydrogen) atoms. The second-order valence-corrected chi connectivity index (χ2v) is 8.20. The van der Waals surface area contributed by atoms with Crippen LogP contribution in [0.3, 0.4) is 0 Å². The quantitative estimate of drug-likeness (QED) is 0.673. The van der Waals surface area contributed by atoms with Crippen molar-refractivity contribution in [3.8, 4) is 0 Å². The molecule has 1 heterocycles. The van der Waals surface area contributed by atoms with Crippen LogP contribution in [0.5, 0.6) is 0 Å². The third-order valence-corrected chi connectivity index (χ3v) is 6.11. The van der Waals surface area contributed by atoms with E-state index in [0.717, 1.165) is 23.4 Å². The maximum Gasteiger partial charge on any atom is 0.321 e. The van der Waals surface area contributed by atoms with Gasteiger partial charge in [0.15, 0.2) is 0 Å². The fraction of sp³-hybridized carbons (Fsp3) is 0.333. The Labute approximate surface area is 174 Å². The first-order valence-corrected chi connectivity index (χ1v) is 10.8. The third-order valence-electron chi connectivity index (χ3n) is 4.60. The van der Waals surface area contributed by atoms with Gasteiger partial charge in [0.25, 0.3) is 0 Å². The highest BCUT2D eigenvalue weighted by Gasteiger charge is 2.23. The Morgan fingerprint density at radius 3 is 2.43 bits per heavy atom. The molecular weight excluding hydrogens is 394 g/mol. The van der Waals surface area contributed by atoms with E-state index < -0.39 is 0 Å². The Morgan fingerprint density at radius 2 is 1.71 bits per heavy atom. The number of likely N-dealkylation sites (tertiary alicyclic amines) is 1. The first-order chi connectivity index (χ1) is 13.6. The van der Waals surface area contributed by atoms with Crippen LogP contribution >= 0.6 is 23.4 Å². The molecule has 1 aliphatic heterocycles. The van der Waals surface area contributed by atoms with E-state index >= 15 is 0 Å². The molecule has 0 unspecified atom stereocenters. The maximum absolute atomic E-state index is 12.3. The van der Waals surface area contributed by atoms with Crippen LogP contribution in [-0.2, 0) is 4.79 Å². The Balaban J connectivity index is 1.35. The highest BCUT2D eigenvalue weighted by atomic mass is 35.5. The number of amides is 3. The van der Waals surface area contributed by atoms with Gasteiger partial charge in [0.05, 0.1) is 5.02 Å². The Kier molecular flexibility index (Phi) is 7.62. The fourth-order valence-corrected chi connectivity index (χ4v) is 4.25. The molecule has 0 saturated carbocycles. The normalized spacial score (nSPS) is 14.5. The number of nitrogens with zero attached hydrogens (tertiary/aromatic N) is 1. The number of nitrogens with one attached hydrogen (secondary N) is 2. The smallest absolute Gasteiger partial charge is 0.321 e. The van der Waals surface area contributed by atoms with Gasteiger partial charge in [0.2, 0.25) is 5.91 Å². The number of urea groups is 1. The van der Waals surface area contributed by atoms with Gasteiger partial charge in [-0.25, -0.2) is 4.79 Å². The summed E-state index contributed by atoms with van der Waals surface area (Å²) in [6, 6.07) is 17.1. The van der Waals surface area contributed by atoms with Gasteiger partial charge in [0.1, 0.15) is 0 Å². The fourth-order valence-electron chi connectivity index (χ4n) is 3.07. The molecule has 7 heteroatoms. The molecule has 0 aromatic heterocycles. The number of hydrogen-bond acceptors (Lipinski definition) is 3. The number of piperidine rings is 1. The van der Waals surface area contributed by atoms with Crippen molar-refractivity contribution in [3.63, 3.8) is 0 Å². The minimum atomic E-state index is -0.0906. The van der Waals surface area contributed by atoms with Gasteiger partial charge in [0, 0.05) is 41.9 Å². The standard InChI is InChI=1S/C21H24ClN3O2S/c22-18-8-4-5-9-19(18)28-15-12-20(26)23-17-10-13-25(14-11-17)21(27)24-16-6-2-1-3-7-16/h1-9,17H,10-15H2,(H,23,26)(H,24,27). The molecule has 0 spiro atoms. The number of carbonyl (C=O) groups excluding carboxylic acids is 2. The van der Waals surface area contributed by atoms with Crippen LogP contribution in [0.2, 0.25) is 5.02 Å². The Hall–Kier alpha value is -2.18. The van der Waals surface area contributed by atoms with Crippen molar-refractivity contribution >= 4 is 41.0 Å². The van der Waals surface area contributed by atoms with Crippen LogP contribution in [0.4, 0.5) is 10.5 Å². The molecule has 0 aliphatic carbocycles. The number of rotatable bonds is 6. The average molecular weight is 418 g/mol. The van der Waals surface area contributed by atoms with Crippen LogP contribution in [0, 0.1) is 0 Å². The number of anilines is 1. The maximum atomic E-state index is 12.3. The summed E-state index contributed by atoms with van der Waals surface area (Å²) in [6.45, 7) is 1.27. The lowest BCUT2D eigenvalue weighted by molar-refractivity contribution is -0.121. The number of para-hydroxylation sites is 1. The summed E-state index contributed by atoms with van der Waals surface area (Å²) < 4.78 is 0. The Morgan fingerprint density at radius 1 is 1.04 bits per heavy atom. The largest absolute Gasteiger partial charge is 0.353 e. The molecule has 1 fully saturated rings. The third kappa shape index (κ3) is 6.17. The highest BCUT2D eigenvalue weighted by Crippen LogP contribution is 2.26. The van der Waals surface area contributed by atoms with Crippen molar-refractivity contribution in [2.45, 2.75) is 30.2 Å². The van der Waals surface area contributed by atoms with Crippen LogP contribution in [-0.4, -0.2) is 41.7 Å². The van der Waals surface area contributed by atoms with Gasteiger partial charge in [-0.15, -0.1) is 11.8 Å². The summed E-state index contributed by atoms with van der Waals surface area (Å²) in [5.74, 6) is 0.736. The molecule has 2 aromatic rings. The van der Waals surface area contributed by atoms with Crippen molar-refractivity contribution in [3.05, 3.63) is 59.6 Å². The number of hydrogen-bond donors (Lipinski definition) is 2. The molecule has 2 aromatic carbocycles. The van der Waals surface area contributed by atoms with Crippen molar-refractivity contribution in [1.29, 1.82) is 0 Å². The molecular formula is C21H24ClN3O2S. The summed E-state index contributed by atoms with van der Waals surface area (Å²) in [7, 11) is 0. The lowest BCUT2D eigenvalue weighted by atomic mass is 10.1. The molecule has 0 radical (unpaired) electrons. The predicted molar refractivity (Wildman–Crippen MR) is 115 cm³/mol. The van der Waals surface area contributed by atoms with Crippen molar-refractivity contribution in [2.75, 3.05) is 24.2 Å². The minimum absolute atomic E-state index is 0.0479. The molecule has 0 atom stereocenters. The van der Waals surface area contributed by atoms with Gasteiger partial charge in [-0.2, -0.15) is 0 Å². The van der Waals surface area contributed by atoms with E-state index in [-0.39, 0.29) is 18.0 Å². The van der Waals surface area contributed by atoms with Crippen molar-refractivity contribution in [1.82, 2.24) is 10.2 Å². The Bertz CT molecular complexity index is 795. The second kappa shape index (κ2) is 10.4. The van der Waals surface area contributed by atoms with E-state index in [1.54, 1.807) is 16.7 Å². The van der Waals surface area contributed by atoms with E-state index in [1.165, 1.54) is 0 Å². The summed E-state index contributed by atoms with van der Waals surface area (Å²) >= 11 is 7.72.